The topological polar surface area (TPSA) is 12.9 Å². The standard InChI is InChI=1S/C18H10FNS/c1-9-7-10(19)8-12-11-3-2-4-13-16(11)17-14(21-13)5-6-20-18(17)15(9)12/h2-8H,1H3. The summed E-state index contributed by atoms with van der Waals surface area (Å²) in [4.78, 5) is 4.61. The van der Waals surface area contributed by atoms with E-state index in [9.17, 15) is 4.39 Å². The number of aryl methyl sites for hydroxylation is 1. The molecule has 0 saturated carbocycles. The number of pyridine rings is 1. The molecule has 3 aromatic carbocycles. The van der Waals surface area contributed by atoms with E-state index in [-0.39, 0.29) is 5.82 Å². The molecule has 2 heterocycles. The average Bonchev–Trinajstić information content (AvgIpc) is 2.85. The fourth-order valence-corrected chi connectivity index (χ4v) is 4.57. The van der Waals surface area contributed by atoms with Crippen LogP contribution >= 0.6 is 11.3 Å². The first-order valence-corrected chi connectivity index (χ1v) is 7.67. The van der Waals surface area contributed by atoms with E-state index < -0.39 is 0 Å². The van der Waals surface area contributed by atoms with E-state index in [1.54, 1.807) is 23.5 Å². The van der Waals surface area contributed by atoms with Crippen LogP contribution in [0.3, 0.4) is 0 Å². The molecule has 21 heavy (non-hydrogen) atoms. The maximum atomic E-state index is 13.9. The molecular formula is C18H10FNS. The second-order valence-corrected chi connectivity index (χ2v) is 6.54. The number of hydrogen-bond donors (Lipinski definition) is 0. The van der Waals surface area contributed by atoms with Gasteiger partial charge in [0.1, 0.15) is 5.82 Å². The van der Waals surface area contributed by atoms with E-state index in [4.69, 9.17) is 0 Å². The molecule has 0 saturated heterocycles. The van der Waals surface area contributed by atoms with Gasteiger partial charge in [-0.2, -0.15) is 0 Å². The molecule has 0 aliphatic carbocycles. The predicted molar refractivity (Wildman–Crippen MR) is 88.0 cm³/mol. The van der Waals surface area contributed by atoms with Crippen LogP contribution in [0.5, 0.6) is 0 Å². The van der Waals surface area contributed by atoms with Crippen LogP contribution in [0.4, 0.5) is 4.39 Å². The molecular weight excluding hydrogens is 281 g/mol. The summed E-state index contributed by atoms with van der Waals surface area (Å²) >= 11 is 1.78. The van der Waals surface area contributed by atoms with Crippen LogP contribution in [0, 0.1) is 12.7 Å². The highest BCUT2D eigenvalue weighted by molar-refractivity contribution is 7.26. The van der Waals surface area contributed by atoms with Crippen molar-refractivity contribution in [3.05, 3.63) is 54.0 Å². The molecule has 0 unspecified atom stereocenters. The van der Waals surface area contributed by atoms with E-state index in [1.807, 2.05) is 13.1 Å². The zero-order valence-corrected chi connectivity index (χ0v) is 12.1. The van der Waals surface area contributed by atoms with Crippen molar-refractivity contribution < 1.29 is 4.39 Å². The minimum atomic E-state index is -0.186. The maximum absolute atomic E-state index is 13.9. The molecule has 100 valence electrons. The lowest BCUT2D eigenvalue weighted by Gasteiger charge is -2.10. The molecule has 0 amide bonds. The molecule has 0 aliphatic rings. The first-order valence-electron chi connectivity index (χ1n) is 6.85. The van der Waals surface area contributed by atoms with Gasteiger partial charge in [-0.15, -0.1) is 11.3 Å². The van der Waals surface area contributed by atoms with E-state index in [2.05, 4.69) is 29.2 Å². The fraction of sp³-hybridized carbons (Fsp3) is 0.0556. The Bertz CT molecular complexity index is 1160. The summed E-state index contributed by atoms with van der Waals surface area (Å²) in [5, 5.41) is 5.59. The van der Waals surface area contributed by atoms with E-state index in [0.717, 1.165) is 27.2 Å². The lowest BCUT2D eigenvalue weighted by atomic mass is 9.94. The molecule has 5 rings (SSSR count). The Morgan fingerprint density at radius 1 is 0.952 bits per heavy atom. The molecule has 0 radical (unpaired) electrons. The number of fused-ring (bicyclic) bond motifs is 3. The van der Waals surface area contributed by atoms with Crippen molar-refractivity contribution in [3.8, 4) is 0 Å². The van der Waals surface area contributed by atoms with Crippen LogP contribution in [0.25, 0.3) is 41.8 Å². The van der Waals surface area contributed by atoms with E-state index in [0.29, 0.717) is 0 Å². The Morgan fingerprint density at radius 3 is 2.71 bits per heavy atom. The van der Waals surface area contributed by atoms with Gasteiger partial charge in [-0.3, -0.25) is 4.98 Å². The Labute approximate surface area is 124 Å². The third-order valence-electron chi connectivity index (χ3n) is 4.24. The molecule has 0 N–H and O–H groups in total. The fourth-order valence-electron chi connectivity index (χ4n) is 3.45. The van der Waals surface area contributed by atoms with Crippen molar-refractivity contribution in [1.29, 1.82) is 0 Å². The van der Waals surface area contributed by atoms with Crippen molar-refractivity contribution in [2.75, 3.05) is 0 Å². The molecule has 0 spiro atoms. The molecule has 5 aromatic rings. The third kappa shape index (κ3) is 1.32. The van der Waals surface area contributed by atoms with Crippen LogP contribution in [0.15, 0.2) is 42.6 Å². The van der Waals surface area contributed by atoms with Crippen LogP contribution in [-0.4, -0.2) is 4.98 Å². The smallest absolute Gasteiger partial charge is 0.124 e. The second-order valence-electron chi connectivity index (χ2n) is 5.46. The number of aromatic nitrogens is 1. The van der Waals surface area contributed by atoms with Crippen molar-refractivity contribution in [1.82, 2.24) is 4.98 Å². The molecule has 0 bridgehead atoms. The second kappa shape index (κ2) is 3.68. The van der Waals surface area contributed by atoms with Crippen LogP contribution < -0.4 is 0 Å². The normalized spacial score (nSPS) is 12.3. The van der Waals surface area contributed by atoms with Gasteiger partial charge in [0.25, 0.3) is 0 Å². The molecule has 0 aliphatic heterocycles. The predicted octanol–water partition coefficient (Wildman–Crippen LogP) is 5.64. The molecule has 1 nitrogen and oxygen atoms in total. The first kappa shape index (κ1) is 11.4. The van der Waals surface area contributed by atoms with Gasteiger partial charge < -0.3 is 0 Å². The lowest BCUT2D eigenvalue weighted by molar-refractivity contribution is 0.629. The monoisotopic (exact) mass is 291 g/mol. The third-order valence-corrected chi connectivity index (χ3v) is 5.36. The number of halogens is 1. The first-order chi connectivity index (χ1) is 10.2. The van der Waals surface area contributed by atoms with Gasteiger partial charge in [0, 0.05) is 31.8 Å². The van der Waals surface area contributed by atoms with Gasteiger partial charge in [-0.1, -0.05) is 12.1 Å². The highest BCUT2D eigenvalue weighted by Gasteiger charge is 2.17. The SMILES string of the molecule is Cc1cc(F)cc2c3cccc4sc5ccnc(c12)c5c43. The highest BCUT2D eigenvalue weighted by atomic mass is 32.1. The van der Waals surface area contributed by atoms with Crippen LogP contribution in [0.1, 0.15) is 5.56 Å². The molecule has 3 heteroatoms. The molecule has 0 fully saturated rings. The van der Waals surface area contributed by atoms with Gasteiger partial charge >= 0.3 is 0 Å². The van der Waals surface area contributed by atoms with Crippen molar-refractivity contribution in [3.63, 3.8) is 0 Å². The number of rotatable bonds is 0. The van der Waals surface area contributed by atoms with Crippen LogP contribution in [-0.2, 0) is 0 Å². The van der Waals surface area contributed by atoms with Gasteiger partial charge in [-0.05, 0) is 47.5 Å². The number of thiophene rings is 1. The largest absolute Gasteiger partial charge is 0.255 e. The summed E-state index contributed by atoms with van der Waals surface area (Å²) in [5.41, 5.74) is 1.93. The average molecular weight is 291 g/mol. The zero-order chi connectivity index (χ0) is 14.1. The Hall–Kier alpha value is -2.26. The van der Waals surface area contributed by atoms with Crippen LogP contribution in [0.2, 0.25) is 0 Å². The Kier molecular flexibility index (Phi) is 2.00. The molecule has 2 aromatic heterocycles. The summed E-state index contributed by atoms with van der Waals surface area (Å²) in [5.74, 6) is -0.186. The summed E-state index contributed by atoms with van der Waals surface area (Å²) in [6.45, 7) is 1.96. The summed E-state index contributed by atoms with van der Waals surface area (Å²) < 4.78 is 16.4. The summed E-state index contributed by atoms with van der Waals surface area (Å²) in [6.07, 6.45) is 1.85. The number of benzene rings is 3. The van der Waals surface area contributed by atoms with Crippen molar-refractivity contribution >= 4 is 53.2 Å². The van der Waals surface area contributed by atoms with Crippen molar-refractivity contribution in [2.24, 2.45) is 0 Å². The van der Waals surface area contributed by atoms with Gasteiger partial charge in [0.15, 0.2) is 0 Å². The quantitative estimate of drug-likeness (QED) is 0.336. The minimum Gasteiger partial charge on any atom is -0.255 e. The zero-order valence-electron chi connectivity index (χ0n) is 11.3. The summed E-state index contributed by atoms with van der Waals surface area (Å²) in [6, 6.07) is 11.6. The Morgan fingerprint density at radius 2 is 1.81 bits per heavy atom. The number of nitrogens with zero attached hydrogens (tertiary/aromatic N) is 1. The van der Waals surface area contributed by atoms with Gasteiger partial charge in [-0.25, -0.2) is 4.39 Å². The van der Waals surface area contributed by atoms with E-state index >= 15 is 0 Å². The highest BCUT2D eigenvalue weighted by Crippen LogP contribution is 2.44. The molecule has 0 atom stereocenters. The summed E-state index contributed by atoms with van der Waals surface area (Å²) in [7, 11) is 0. The maximum Gasteiger partial charge on any atom is 0.124 e. The lowest BCUT2D eigenvalue weighted by Crippen LogP contribution is -1.89. The van der Waals surface area contributed by atoms with E-state index in [1.165, 1.54) is 20.2 Å². The number of hydrogen-bond acceptors (Lipinski definition) is 2. The Balaban J connectivity index is 2.30. The van der Waals surface area contributed by atoms with Gasteiger partial charge in [0.2, 0.25) is 0 Å². The van der Waals surface area contributed by atoms with Crippen molar-refractivity contribution in [2.45, 2.75) is 6.92 Å². The van der Waals surface area contributed by atoms with Gasteiger partial charge in [0.05, 0.1) is 5.52 Å². The minimum absolute atomic E-state index is 0.186.